The first-order valence-electron chi connectivity index (χ1n) is 13.6. The normalized spacial score (nSPS) is 22.1. The molecule has 39 heavy (non-hydrogen) atoms. The summed E-state index contributed by atoms with van der Waals surface area (Å²) in [7, 11) is -0.776. The maximum Gasteiger partial charge on any atom is 0.323 e. The van der Waals surface area contributed by atoms with Gasteiger partial charge >= 0.3 is 12.0 Å². The Bertz CT molecular complexity index is 991. The van der Waals surface area contributed by atoms with Gasteiger partial charge in [0.25, 0.3) is 0 Å². The van der Waals surface area contributed by atoms with Crippen LogP contribution >= 0.6 is 0 Å². The molecule has 1 aliphatic heterocycles. The van der Waals surface area contributed by atoms with Crippen LogP contribution in [0.25, 0.3) is 0 Å². The summed E-state index contributed by atoms with van der Waals surface area (Å²) < 4.78 is 31.3. The van der Waals surface area contributed by atoms with Gasteiger partial charge in [0.2, 0.25) is 10.0 Å². The molecule has 1 fully saturated rings. The van der Waals surface area contributed by atoms with Gasteiger partial charge in [0.15, 0.2) is 0 Å². The second-order valence-electron chi connectivity index (χ2n) is 14.3. The molecule has 0 aliphatic carbocycles. The molecule has 0 aromatic rings. The van der Waals surface area contributed by atoms with Crippen LogP contribution in [0, 0.1) is 22.7 Å². The van der Waals surface area contributed by atoms with E-state index in [1.807, 2.05) is 55.4 Å². The average Bonchev–Trinajstić information content (AvgIpc) is 3.11. The number of aliphatic hydroxyl groups is 1. The molecule has 1 rings (SSSR count). The minimum absolute atomic E-state index is 0.0751. The van der Waals surface area contributed by atoms with Crippen molar-refractivity contribution in [1.29, 1.82) is 0 Å². The molecular formula is C28H54N4O6S. The van der Waals surface area contributed by atoms with E-state index in [1.165, 1.54) is 18.5 Å². The Balaban J connectivity index is 3.26. The highest BCUT2D eigenvalue weighted by atomic mass is 32.2. The van der Waals surface area contributed by atoms with Crippen molar-refractivity contribution in [3.63, 3.8) is 0 Å². The topological polar surface area (TPSA) is 128 Å². The van der Waals surface area contributed by atoms with Crippen molar-refractivity contribution < 1.29 is 27.9 Å². The highest BCUT2D eigenvalue weighted by Crippen LogP contribution is 2.38. The molecule has 2 amide bonds. The molecule has 1 aliphatic rings. The molecule has 0 spiro atoms. The van der Waals surface area contributed by atoms with E-state index < -0.39 is 62.0 Å². The van der Waals surface area contributed by atoms with Crippen LogP contribution in [0.1, 0.15) is 76.2 Å². The molecule has 228 valence electrons. The Morgan fingerprint density at radius 1 is 1.08 bits per heavy atom. The number of nitrogens with one attached hydrogen (secondary N) is 2. The average molecular weight is 575 g/mol. The van der Waals surface area contributed by atoms with E-state index >= 15 is 0 Å². The van der Waals surface area contributed by atoms with Gasteiger partial charge in [-0.15, -0.1) is 0 Å². The van der Waals surface area contributed by atoms with E-state index in [9.17, 15) is 23.1 Å². The van der Waals surface area contributed by atoms with Gasteiger partial charge in [-0.05, 0) is 37.5 Å². The molecule has 0 saturated carbocycles. The number of amides is 2. The smallest absolute Gasteiger partial charge is 0.323 e. The molecule has 1 heterocycles. The number of likely N-dealkylation sites (N-methyl/N-ethyl adjacent to an activating group) is 1. The highest BCUT2D eigenvalue weighted by molar-refractivity contribution is 7.90. The molecule has 0 aromatic heterocycles. The number of carbonyl (C=O) groups is 2. The van der Waals surface area contributed by atoms with E-state index in [2.05, 4.69) is 17.2 Å². The first-order valence-corrected chi connectivity index (χ1v) is 15.0. The van der Waals surface area contributed by atoms with Crippen LogP contribution in [-0.4, -0.2) is 91.1 Å². The monoisotopic (exact) mass is 574 g/mol. The summed E-state index contributed by atoms with van der Waals surface area (Å²) in [6.45, 7) is 24.9. The summed E-state index contributed by atoms with van der Waals surface area (Å²) in [5.41, 5.74) is -0.243. The summed E-state index contributed by atoms with van der Waals surface area (Å²) >= 11 is 0. The van der Waals surface area contributed by atoms with Crippen LogP contribution in [0.3, 0.4) is 0 Å². The third kappa shape index (κ3) is 8.41. The number of methoxy groups -OCH3 is 1. The standard InChI is InChI=1S/C28H54N4O6S/c1-17(2)20-18(3)15-32(21(20)24(34)38-14)23(33)22(27(7,8)9)30-25(35)29-19(26(4,5)6)16-31(13)39(36,37)28(10,11)12/h17,19-23,33H,3,15-16H2,1-2,4-14H3,(H2,29,30,35)/t19-,20+,21+,22-,23?/m1/s1. The molecule has 1 saturated heterocycles. The molecule has 3 N–H and O–H groups in total. The number of aliphatic hydroxyl groups excluding tert-OH is 1. The summed E-state index contributed by atoms with van der Waals surface area (Å²) in [6.07, 6.45) is -1.21. The van der Waals surface area contributed by atoms with Crippen molar-refractivity contribution >= 4 is 22.0 Å². The van der Waals surface area contributed by atoms with E-state index in [0.29, 0.717) is 6.54 Å². The van der Waals surface area contributed by atoms with Gasteiger partial charge in [-0.2, -0.15) is 0 Å². The van der Waals surface area contributed by atoms with Crippen LogP contribution in [0.5, 0.6) is 0 Å². The summed E-state index contributed by atoms with van der Waals surface area (Å²) in [5, 5.41) is 17.5. The van der Waals surface area contributed by atoms with Crippen LogP contribution in [-0.2, 0) is 19.6 Å². The van der Waals surface area contributed by atoms with Crippen molar-refractivity contribution in [1.82, 2.24) is 19.8 Å². The minimum atomic E-state index is -3.61. The third-order valence-electron chi connectivity index (χ3n) is 7.55. The summed E-state index contributed by atoms with van der Waals surface area (Å²) in [4.78, 5) is 27.9. The van der Waals surface area contributed by atoms with Crippen LogP contribution < -0.4 is 10.6 Å². The number of rotatable bonds is 9. The maximum atomic E-state index is 13.4. The van der Waals surface area contributed by atoms with Crippen molar-refractivity contribution in [2.24, 2.45) is 22.7 Å². The maximum absolute atomic E-state index is 13.4. The SMILES string of the molecule is C=C1CN(C(O)[C@@H](NC(=O)N[C@H](CN(C)S(=O)(=O)C(C)(C)C)C(C)(C)C)C(C)(C)C)[C@H](C(=O)OC)[C@H]1C(C)C. The Labute approximate surface area is 237 Å². The Hall–Kier alpha value is -1.69. The first kappa shape index (κ1) is 35.3. The lowest BCUT2D eigenvalue weighted by molar-refractivity contribution is -0.154. The fraction of sp³-hybridized carbons (Fsp3) is 0.857. The Kier molecular flexibility index (Phi) is 11.3. The molecule has 0 radical (unpaired) electrons. The number of ether oxygens (including phenoxy) is 1. The van der Waals surface area contributed by atoms with Gasteiger partial charge in [-0.25, -0.2) is 17.5 Å². The van der Waals surface area contributed by atoms with Crippen LogP contribution in [0.4, 0.5) is 4.79 Å². The van der Waals surface area contributed by atoms with Crippen LogP contribution in [0.2, 0.25) is 0 Å². The van der Waals surface area contributed by atoms with Crippen molar-refractivity contribution in [3.05, 3.63) is 12.2 Å². The Morgan fingerprint density at radius 2 is 1.59 bits per heavy atom. The number of likely N-dealkylation sites (tertiary alicyclic amines) is 1. The molecule has 10 nitrogen and oxygen atoms in total. The fourth-order valence-corrected chi connectivity index (χ4v) is 6.27. The largest absolute Gasteiger partial charge is 0.468 e. The molecule has 5 atom stereocenters. The second kappa shape index (κ2) is 12.4. The van der Waals surface area contributed by atoms with Gasteiger partial charge in [0, 0.05) is 32.1 Å². The zero-order chi connectivity index (χ0) is 30.9. The lowest BCUT2D eigenvalue weighted by Crippen LogP contribution is -2.63. The van der Waals surface area contributed by atoms with E-state index in [0.717, 1.165) is 5.57 Å². The predicted molar refractivity (Wildman–Crippen MR) is 155 cm³/mol. The van der Waals surface area contributed by atoms with E-state index in [-0.39, 0.29) is 18.4 Å². The summed E-state index contributed by atoms with van der Waals surface area (Å²) in [6, 6.07) is -2.58. The fourth-order valence-electron chi connectivity index (χ4n) is 4.99. The molecule has 1 unspecified atom stereocenters. The first-order chi connectivity index (χ1) is 17.4. The van der Waals surface area contributed by atoms with Crippen molar-refractivity contribution in [2.75, 3.05) is 27.2 Å². The van der Waals surface area contributed by atoms with Gasteiger partial charge < -0.3 is 20.5 Å². The molecular weight excluding hydrogens is 520 g/mol. The number of nitrogens with zero attached hydrogens (tertiary/aromatic N) is 2. The minimum Gasteiger partial charge on any atom is -0.468 e. The summed E-state index contributed by atoms with van der Waals surface area (Å²) in [5.74, 6) is -0.566. The molecule has 0 bridgehead atoms. The van der Waals surface area contributed by atoms with E-state index in [1.54, 1.807) is 25.7 Å². The lowest BCUT2D eigenvalue weighted by Gasteiger charge is -2.42. The number of esters is 1. The zero-order valence-corrected chi connectivity index (χ0v) is 27.2. The lowest BCUT2D eigenvalue weighted by atomic mass is 9.83. The third-order valence-corrected chi connectivity index (χ3v) is 10.1. The number of carbonyl (C=O) groups excluding carboxylic acids is 2. The van der Waals surface area contributed by atoms with Gasteiger partial charge in [-0.3, -0.25) is 9.69 Å². The van der Waals surface area contributed by atoms with Gasteiger partial charge in [0.05, 0.1) is 17.9 Å². The number of sulfonamides is 1. The molecule has 0 aromatic carbocycles. The van der Waals surface area contributed by atoms with Gasteiger partial charge in [-0.1, -0.05) is 67.5 Å². The van der Waals surface area contributed by atoms with E-state index in [4.69, 9.17) is 4.74 Å². The number of urea groups is 1. The second-order valence-corrected chi connectivity index (χ2v) is 17.1. The van der Waals surface area contributed by atoms with Crippen molar-refractivity contribution in [3.8, 4) is 0 Å². The highest BCUT2D eigenvalue weighted by Gasteiger charge is 2.49. The van der Waals surface area contributed by atoms with Crippen LogP contribution in [0.15, 0.2) is 12.2 Å². The Morgan fingerprint density at radius 3 is 1.97 bits per heavy atom. The quantitative estimate of drug-likeness (QED) is 0.285. The predicted octanol–water partition coefficient (Wildman–Crippen LogP) is 3.18. The van der Waals surface area contributed by atoms with Gasteiger partial charge in [0.1, 0.15) is 12.3 Å². The number of hydrogen-bond donors (Lipinski definition) is 3. The molecule has 11 heteroatoms. The van der Waals surface area contributed by atoms with Crippen molar-refractivity contribution in [2.45, 2.75) is 105 Å². The zero-order valence-electron chi connectivity index (χ0n) is 26.4. The number of hydrogen-bond acceptors (Lipinski definition) is 7.